The van der Waals surface area contributed by atoms with Crippen LogP contribution in [0.25, 0.3) is 11.3 Å². The van der Waals surface area contributed by atoms with Crippen molar-refractivity contribution in [3.8, 4) is 17.0 Å². The van der Waals surface area contributed by atoms with Gasteiger partial charge in [0, 0.05) is 54.5 Å². The van der Waals surface area contributed by atoms with Crippen molar-refractivity contribution in [1.29, 1.82) is 0 Å². The van der Waals surface area contributed by atoms with Gasteiger partial charge in [0.25, 0.3) is 0 Å². The summed E-state index contributed by atoms with van der Waals surface area (Å²) in [5.41, 5.74) is 6.97. The molecule has 6 heteroatoms. The van der Waals surface area contributed by atoms with E-state index in [4.69, 9.17) is 4.74 Å². The standard InChI is InChI=1S/C27H30N4O2/c1-27(2)14-20-23(21(32)15-27)22(16-6-10-18(11-7-16)31(3)4)24-25(29-30-26(24)28-20)17-8-12-19(33-5)13-9-17/h6-13,22H,14-15H2,1-5H3,(H2,28,29,30). The molecule has 2 aliphatic rings. The molecule has 2 heterocycles. The van der Waals surface area contributed by atoms with Gasteiger partial charge in [0.2, 0.25) is 0 Å². The molecule has 1 aromatic heterocycles. The van der Waals surface area contributed by atoms with Crippen LogP contribution >= 0.6 is 0 Å². The zero-order chi connectivity index (χ0) is 23.3. The molecule has 1 unspecified atom stereocenters. The minimum atomic E-state index is -0.174. The van der Waals surface area contributed by atoms with Crippen LogP contribution in [0.5, 0.6) is 5.75 Å². The van der Waals surface area contributed by atoms with Crippen LogP contribution in [0.4, 0.5) is 11.5 Å². The van der Waals surface area contributed by atoms with Crippen molar-refractivity contribution in [1.82, 2.24) is 10.2 Å². The predicted molar refractivity (Wildman–Crippen MR) is 132 cm³/mol. The fourth-order valence-corrected chi connectivity index (χ4v) is 5.07. The summed E-state index contributed by atoms with van der Waals surface area (Å²) >= 11 is 0. The van der Waals surface area contributed by atoms with Gasteiger partial charge >= 0.3 is 0 Å². The predicted octanol–water partition coefficient (Wildman–Crippen LogP) is 5.35. The van der Waals surface area contributed by atoms with E-state index in [0.29, 0.717) is 6.42 Å². The summed E-state index contributed by atoms with van der Waals surface area (Å²) in [4.78, 5) is 15.6. The first kappa shape index (κ1) is 21.3. The van der Waals surface area contributed by atoms with E-state index >= 15 is 0 Å². The van der Waals surface area contributed by atoms with Gasteiger partial charge in [-0.05, 0) is 53.8 Å². The molecule has 3 aromatic rings. The van der Waals surface area contributed by atoms with E-state index < -0.39 is 0 Å². The molecule has 2 aromatic carbocycles. The lowest BCUT2D eigenvalue weighted by atomic mass is 9.69. The van der Waals surface area contributed by atoms with Crippen LogP contribution < -0.4 is 15.0 Å². The Bertz CT molecular complexity index is 1230. The number of nitrogens with zero attached hydrogens (tertiary/aromatic N) is 2. The number of H-pyrrole nitrogens is 1. The Kier molecular flexibility index (Phi) is 5.04. The first-order valence-electron chi connectivity index (χ1n) is 11.3. The van der Waals surface area contributed by atoms with E-state index in [-0.39, 0.29) is 17.1 Å². The van der Waals surface area contributed by atoms with Crippen molar-refractivity contribution in [2.75, 3.05) is 31.4 Å². The third-order valence-electron chi connectivity index (χ3n) is 6.69. The number of carbonyl (C=O) groups is 1. The van der Waals surface area contributed by atoms with Gasteiger partial charge in [-0.1, -0.05) is 26.0 Å². The number of anilines is 2. The number of benzene rings is 2. The first-order chi connectivity index (χ1) is 15.8. The summed E-state index contributed by atoms with van der Waals surface area (Å²) in [6, 6.07) is 16.4. The molecule has 0 radical (unpaired) electrons. The smallest absolute Gasteiger partial charge is 0.162 e. The maximum atomic E-state index is 13.5. The van der Waals surface area contributed by atoms with Crippen LogP contribution in [-0.2, 0) is 4.79 Å². The van der Waals surface area contributed by atoms with Crippen LogP contribution in [-0.4, -0.2) is 37.2 Å². The zero-order valence-electron chi connectivity index (χ0n) is 19.8. The zero-order valence-corrected chi connectivity index (χ0v) is 19.8. The number of methoxy groups -OCH3 is 1. The van der Waals surface area contributed by atoms with Gasteiger partial charge in [0.1, 0.15) is 5.75 Å². The Morgan fingerprint density at radius 1 is 1.03 bits per heavy atom. The van der Waals surface area contributed by atoms with Gasteiger partial charge in [0.15, 0.2) is 11.6 Å². The molecule has 1 aliphatic carbocycles. The quantitative estimate of drug-likeness (QED) is 0.570. The van der Waals surface area contributed by atoms with Gasteiger partial charge in [-0.25, -0.2) is 0 Å². The van der Waals surface area contributed by atoms with Crippen molar-refractivity contribution in [2.24, 2.45) is 5.41 Å². The SMILES string of the molecule is COc1ccc(-c2[nH]nc3c2C(c2ccc(N(C)C)cc2)C2=C(CC(C)(C)CC2=O)N3)cc1. The van der Waals surface area contributed by atoms with Gasteiger partial charge in [-0.15, -0.1) is 0 Å². The number of ether oxygens (including phenoxy) is 1. The highest BCUT2D eigenvalue weighted by Crippen LogP contribution is 2.51. The van der Waals surface area contributed by atoms with Gasteiger partial charge in [-0.3, -0.25) is 9.89 Å². The Hall–Kier alpha value is -3.54. The van der Waals surface area contributed by atoms with Gasteiger partial charge < -0.3 is 15.0 Å². The van der Waals surface area contributed by atoms with Gasteiger partial charge in [-0.2, -0.15) is 5.10 Å². The molecule has 0 spiro atoms. The Labute approximate surface area is 194 Å². The van der Waals surface area contributed by atoms with Crippen molar-refractivity contribution in [2.45, 2.75) is 32.6 Å². The van der Waals surface area contributed by atoms with E-state index in [1.807, 2.05) is 38.4 Å². The molecule has 1 atom stereocenters. The summed E-state index contributed by atoms with van der Waals surface area (Å²) in [6.45, 7) is 4.31. The first-order valence-corrected chi connectivity index (χ1v) is 11.3. The van der Waals surface area contributed by atoms with E-state index in [1.54, 1.807) is 7.11 Å². The minimum absolute atomic E-state index is 0.0745. The number of aromatic nitrogens is 2. The van der Waals surface area contributed by atoms with Crippen LogP contribution in [0.1, 0.15) is 43.7 Å². The minimum Gasteiger partial charge on any atom is -0.497 e. The number of Topliss-reactive ketones (excluding diaryl/α,β-unsaturated/α-hetero) is 1. The summed E-state index contributed by atoms with van der Waals surface area (Å²) in [6.07, 6.45) is 1.37. The van der Waals surface area contributed by atoms with E-state index in [9.17, 15) is 4.79 Å². The highest BCUT2D eigenvalue weighted by atomic mass is 16.5. The lowest BCUT2D eigenvalue weighted by Crippen LogP contribution is -2.33. The van der Waals surface area contributed by atoms with Crippen molar-refractivity contribution < 1.29 is 9.53 Å². The third kappa shape index (κ3) is 3.69. The largest absolute Gasteiger partial charge is 0.497 e. The maximum Gasteiger partial charge on any atom is 0.162 e. The normalized spacial score (nSPS) is 18.9. The average molecular weight is 443 g/mol. The number of ketones is 1. The second kappa shape index (κ2) is 7.80. The van der Waals surface area contributed by atoms with Crippen LogP contribution in [0.2, 0.25) is 0 Å². The molecule has 1 aliphatic heterocycles. The van der Waals surface area contributed by atoms with Crippen molar-refractivity contribution in [3.05, 3.63) is 70.9 Å². The molecule has 0 amide bonds. The molecule has 6 nitrogen and oxygen atoms in total. The van der Waals surface area contributed by atoms with Crippen molar-refractivity contribution in [3.63, 3.8) is 0 Å². The molecule has 0 saturated carbocycles. The van der Waals surface area contributed by atoms with Crippen LogP contribution in [0.3, 0.4) is 0 Å². The van der Waals surface area contributed by atoms with E-state index in [0.717, 1.165) is 57.3 Å². The molecular formula is C27H30N4O2. The molecule has 0 saturated heterocycles. The Morgan fingerprint density at radius 3 is 2.36 bits per heavy atom. The second-order valence-electron chi connectivity index (χ2n) is 9.97. The number of fused-ring (bicyclic) bond motifs is 1. The van der Waals surface area contributed by atoms with Crippen molar-refractivity contribution >= 4 is 17.3 Å². The number of aromatic amines is 1. The lowest BCUT2D eigenvalue weighted by Gasteiger charge is -2.38. The lowest BCUT2D eigenvalue weighted by molar-refractivity contribution is -0.118. The molecular weight excluding hydrogens is 412 g/mol. The van der Waals surface area contributed by atoms with E-state index in [2.05, 4.69) is 58.5 Å². The topological polar surface area (TPSA) is 70.2 Å². The monoisotopic (exact) mass is 442 g/mol. The summed E-state index contributed by atoms with van der Waals surface area (Å²) < 4.78 is 5.33. The molecule has 33 heavy (non-hydrogen) atoms. The average Bonchev–Trinajstić information content (AvgIpc) is 3.20. The number of nitrogens with one attached hydrogen (secondary N) is 2. The number of rotatable bonds is 4. The summed E-state index contributed by atoms with van der Waals surface area (Å²) in [5.74, 6) is 1.64. The molecule has 0 fully saturated rings. The number of hydrogen-bond acceptors (Lipinski definition) is 5. The number of allylic oxidation sites excluding steroid dienone is 2. The van der Waals surface area contributed by atoms with Crippen LogP contribution in [0, 0.1) is 5.41 Å². The fourth-order valence-electron chi connectivity index (χ4n) is 5.07. The second-order valence-corrected chi connectivity index (χ2v) is 9.97. The number of carbonyl (C=O) groups excluding carboxylic acids is 1. The molecule has 5 rings (SSSR count). The summed E-state index contributed by atoms with van der Waals surface area (Å²) in [7, 11) is 5.72. The maximum absolute atomic E-state index is 13.5. The Morgan fingerprint density at radius 2 is 1.73 bits per heavy atom. The molecule has 170 valence electrons. The fraction of sp³-hybridized carbons (Fsp3) is 0.333. The highest BCUT2D eigenvalue weighted by Gasteiger charge is 2.42. The van der Waals surface area contributed by atoms with Gasteiger partial charge in [0.05, 0.1) is 12.8 Å². The molecule has 2 N–H and O–H groups in total. The number of hydrogen-bond donors (Lipinski definition) is 2. The highest BCUT2D eigenvalue weighted by molar-refractivity contribution is 6.02. The molecule has 0 bridgehead atoms. The Balaban J connectivity index is 1.69. The summed E-state index contributed by atoms with van der Waals surface area (Å²) in [5, 5.41) is 11.4. The third-order valence-corrected chi connectivity index (χ3v) is 6.69. The van der Waals surface area contributed by atoms with E-state index in [1.165, 1.54) is 0 Å². The van der Waals surface area contributed by atoms with Crippen LogP contribution in [0.15, 0.2) is 59.8 Å².